The molecule has 3 N–H and O–H groups in total. The molecule has 19 heavy (non-hydrogen) atoms. The van der Waals surface area contributed by atoms with Crippen LogP contribution in [0.2, 0.25) is 0 Å². The molecule has 2 unspecified atom stereocenters. The van der Waals surface area contributed by atoms with Crippen molar-refractivity contribution in [2.45, 2.75) is 38.2 Å². The summed E-state index contributed by atoms with van der Waals surface area (Å²) in [5.74, 6) is -0.716. The van der Waals surface area contributed by atoms with Gasteiger partial charge in [0.15, 0.2) is 0 Å². The Balaban J connectivity index is 3.26. The Morgan fingerprint density at radius 2 is 2.26 bits per heavy atom. The van der Waals surface area contributed by atoms with E-state index < -0.39 is 17.4 Å². The summed E-state index contributed by atoms with van der Waals surface area (Å²) in [7, 11) is 1.51. The van der Waals surface area contributed by atoms with Crippen LogP contribution in [0.1, 0.15) is 38.2 Å². The van der Waals surface area contributed by atoms with E-state index in [1.165, 1.54) is 14.0 Å². The highest BCUT2D eigenvalue weighted by atomic mass is 79.9. The lowest BCUT2D eigenvalue weighted by Gasteiger charge is -2.30. The normalized spacial score (nSPS) is 15.6. The van der Waals surface area contributed by atoms with E-state index in [1.807, 2.05) is 6.92 Å². The van der Waals surface area contributed by atoms with Gasteiger partial charge in [-0.1, -0.05) is 13.3 Å². The molecule has 0 aliphatic carbocycles. The van der Waals surface area contributed by atoms with E-state index in [2.05, 4.69) is 20.9 Å². The Morgan fingerprint density at radius 1 is 1.63 bits per heavy atom. The second-order valence-electron chi connectivity index (χ2n) is 4.62. The number of pyridine rings is 1. The highest BCUT2D eigenvalue weighted by Crippen LogP contribution is 2.35. The summed E-state index contributed by atoms with van der Waals surface area (Å²) in [5, 5.41) is 10.3. The van der Waals surface area contributed by atoms with Gasteiger partial charge in [0.2, 0.25) is 11.8 Å². The minimum Gasteiger partial charge on any atom is -0.481 e. The fourth-order valence-corrected chi connectivity index (χ4v) is 2.47. The Bertz CT molecular complexity index is 463. The fraction of sp³-hybridized carbons (Fsp3) is 0.538. The standard InChI is InChI=1S/C13H19BrN2O3/c1-4-5-9(13(2,18)12(15)17)8-6-10(14)16-11(7-8)19-3/h6-7,9,18H,4-5H2,1-3H3,(H2,15,17). The second kappa shape index (κ2) is 6.34. The molecule has 0 saturated carbocycles. The van der Waals surface area contributed by atoms with E-state index in [9.17, 15) is 9.90 Å². The third kappa shape index (κ3) is 3.67. The lowest BCUT2D eigenvalue weighted by molar-refractivity contribution is -0.137. The molecule has 0 saturated heterocycles. The predicted octanol–water partition coefficient (Wildman–Crippen LogP) is 1.97. The van der Waals surface area contributed by atoms with Crippen molar-refractivity contribution < 1.29 is 14.6 Å². The molecule has 1 aromatic heterocycles. The van der Waals surface area contributed by atoms with Gasteiger partial charge < -0.3 is 15.6 Å². The molecule has 106 valence electrons. The summed E-state index contributed by atoms with van der Waals surface area (Å²) in [6, 6.07) is 3.47. The first-order valence-corrected chi connectivity index (χ1v) is 6.86. The van der Waals surface area contributed by atoms with Gasteiger partial charge in [-0.3, -0.25) is 4.79 Å². The van der Waals surface area contributed by atoms with Crippen molar-refractivity contribution in [3.63, 3.8) is 0 Å². The van der Waals surface area contributed by atoms with Crippen LogP contribution in [0.3, 0.4) is 0 Å². The molecule has 5 nitrogen and oxygen atoms in total. The summed E-state index contributed by atoms with van der Waals surface area (Å²) in [6.45, 7) is 3.42. The van der Waals surface area contributed by atoms with Gasteiger partial charge in [-0.15, -0.1) is 0 Å². The zero-order valence-corrected chi connectivity index (χ0v) is 12.9. The molecule has 0 aromatic carbocycles. The summed E-state index contributed by atoms with van der Waals surface area (Å²) in [4.78, 5) is 15.6. The van der Waals surface area contributed by atoms with E-state index >= 15 is 0 Å². The smallest absolute Gasteiger partial charge is 0.249 e. The Labute approximate surface area is 121 Å². The highest BCUT2D eigenvalue weighted by molar-refractivity contribution is 9.10. The molecule has 6 heteroatoms. The number of carbonyl (C=O) groups excluding carboxylic acids is 1. The lowest BCUT2D eigenvalue weighted by Crippen LogP contribution is -2.46. The van der Waals surface area contributed by atoms with Crippen LogP contribution < -0.4 is 10.5 Å². The maximum absolute atomic E-state index is 11.5. The Morgan fingerprint density at radius 3 is 2.74 bits per heavy atom. The number of rotatable bonds is 6. The summed E-state index contributed by atoms with van der Waals surface area (Å²) in [5.41, 5.74) is 4.46. The molecule has 0 radical (unpaired) electrons. The van der Waals surface area contributed by atoms with Crippen molar-refractivity contribution in [1.29, 1.82) is 0 Å². The average Bonchev–Trinajstić information content (AvgIpc) is 2.34. The minimum atomic E-state index is -1.61. The van der Waals surface area contributed by atoms with Crippen LogP contribution in [0.5, 0.6) is 5.88 Å². The zero-order valence-electron chi connectivity index (χ0n) is 11.3. The van der Waals surface area contributed by atoms with Gasteiger partial charge >= 0.3 is 0 Å². The minimum absolute atomic E-state index is 0.400. The van der Waals surface area contributed by atoms with Crippen molar-refractivity contribution in [2.75, 3.05) is 7.11 Å². The lowest BCUT2D eigenvalue weighted by atomic mass is 9.80. The van der Waals surface area contributed by atoms with Crippen LogP contribution in [0.15, 0.2) is 16.7 Å². The number of aromatic nitrogens is 1. The van der Waals surface area contributed by atoms with Crippen molar-refractivity contribution in [2.24, 2.45) is 5.73 Å². The van der Waals surface area contributed by atoms with Crippen LogP contribution in [0, 0.1) is 0 Å². The van der Waals surface area contributed by atoms with Gasteiger partial charge in [-0.2, -0.15) is 0 Å². The first-order chi connectivity index (χ1) is 8.82. The Kier molecular flexibility index (Phi) is 5.31. The number of hydrogen-bond donors (Lipinski definition) is 2. The molecule has 0 bridgehead atoms. The molecule has 2 atom stereocenters. The van der Waals surface area contributed by atoms with Gasteiger partial charge in [0, 0.05) is 12.0 Å². The van der Waals surface area contributed by atoms with E-state index in [0.717, 1.165) is 12.0 Å². The number of ether oxygens (including phenoxy) is 1. The SMILES string of the molecule is CCCC(c1cc(Br)nc(OC)c1)C(C)(O)C(N)=O. The van der Waals surface area contributed by atoms with E-state index in [4.69, 9.17) is 10.5 Å². The highest BCUT2D eigenvalue weighted by Gasteiger charge is 2.38. The summed E-state index contributed by atoms with van der Waals surface area (Å²) in [6.07, 6.45) is 1.45. The van der Waals surface area contributed by atoms with Gasteiger partial charge in [-0.05, 0) is 40.9 Å². The maximum Gasteiger partial charge on any atom is 0.249 e. The van der Waals surface area contributed by atoms with Crippen LogP contribution in [-0.2, 0) is 4.79 Å². The monoisotopic (exact) mass is 330 g/mol. The number of nitrogens with two attached hydrogens (primary N) is 1. The van der Waals surface area contributed by atoms with Crippen molar-refractivity contribution in [3.05, 3.63) is 22.3 Å². The molecular weight excluding hydrogens is 312 g/mol. The second-order valence-corrected chi connectivity index (χ2v) is 5.43. The number of primary amides is 1. The van der Waals surface area contributed by atoms with Gasteiger partial charge in [0.05, 0.1) is 7.11 Å². The third-order valence-electron chi connectivity index (χ3n) is 3.16. The van der Waals surface area contributed by atoms with Crippen LogP contribution in [0.25, 0.3) is 0 Å². The molecule has 0 aliphatic rings. The number of amides is 1. The van der Waals surface area contributed by atoms with Gasteiger partial charge in [-0.25, -0.2) is 4.98 Å². The summed E-state index contributed by atoms with van der Waals surface area (Å²) < 4.78 is 5.68. The maximum atomic E-state index is 11.5. The average molecular weight is 331 g/mol. The number of nitrogens with zero attached hydrogens (tertiary/aromatic N) is 1. The largest absolute Gasteiger partial charge is 0.481 e. The number of hydrogen-bond acceptors (Lipinski definition) is 4. The number of methoxy groups -OCH3 is 1. The molecule has 1 aromatic rings. The van der Waals surface area contributed by atoms with E-state index in [0.29, 0.717) is 16.9 Å². The quantitative estimate of drug-likeness (QED) is 0.781. The number of halogens is 1. The first kappa shape index (κ1) is 15.9. The van der Waals surface area contributed by atoms with Crippen molar-refractivity contribution in [3.8, 4) is 5.88 Å². The van der Waals surface area contributed by atoms with Crippen LogP contribution >= 0.6 is 15.9 Å². The predicted molar refractivity (Wildman–Crippen MR) is 76.0 cm³/mol. The number of aliphatic hydroxyl groups is 1. The first-order valence-electron chi connectivity index (χ1n) is 6.06. The molecular formula is C13H19BrN2O3. The third-order valence-corrected chi connectivity index (χ3v) is 3.57. The Hall–Kier alpha value is -1.14. The fourth-order valence-electron chi connectivity index (χ4n) is 2.03. The van der Waals surface area contributed by atoms with Gasteiger partial charge in [0.25, 0.3) is 0 Å². The molecule has 0 spiro atoms. The van der Waals surface area contributed by atoms with Crippen LogP contribution in [0.4, 0.5) is 0 Å². The molecule has 1 rings (SSSR count). The van der Waals surface area contributed by atoms with E-state index in [-0.39, 0.29) is 0 Å². The van der Waals surface area contributed by atoms with Gasteiger partial charge in [0.1, 0.15) is 10.2 Å². The van der Waals surface area contributed by atoms with Crippen molar-refractivity contribution >= 4 is 21.8 Å². The van der Waals surface area contributed by atoms with Crippen LogP contribution in [-0.4, -0.2) is 28.7 Å². The van der Waals surface area contributed by atoms with Crippen molar-refractivity contribution in [1.82, 2.24) is 4.98 Å². The van der Waals surface area contributed by atoms with E-state index in [1.54, 1.807) is 12.1 Å². The number of carbonyl (C=O) groups is 1. The molecule has 1 amide bonds. The molecule has 1 heterocycles. The molecule has 0 fully saturated rings. The summed E-state index contributed by atoms with van der Waals surface area (Å²) >= 11 is 3.29. The zero-order chi connectivity index (χ0) is 14.6. The topological polar surface area (TPSA) is 85.4 Å². The molecule has 0 aliphatic heterocycles.